The summed E-state index contributed by atoms with van der Waals surface area (Å²) in [4.78, 5) is 38.6. The molecule has 0 aliphatic carbocycles. The van der Waals surface area contributed by atoms with Gasteiger partial charge in [0.1, 0.15) is 29.4 Å². The fourth-order valence-electron chi connectivity index (χ4n) is 3.75. The molecule has 6 atom stereocenters. The smallest absolute Gasteiger partial charge is 0.459 e. The van der Waals surface area contributed by atoms with Gasteiger partial charge in [0, 0.05) is 12.3 Å². The molecular weight excluding hydrogens is 529 g/mol. The second-order valence-electron chi connectivity index (χ2n) is 10.6. The largest absolute Gasteiger partial charge is 0.464 e. The second kappa shape index (κ2) is 11.9. The van der Waals surface area contributed by atoms with Crippen LogP contribution >= 0.6 is 7.75 Å². The van der Waals surface area contributed by atoms with Gasteiger partial charge < -0.3 is 19.1 Å². The molecule has 3 rings (SSSR count). The number of aliphatic hydroxyl groups is 1. The van der Waals surface area contributed by atoms with Crippen LogP contribution in [0.2, 0.25) is 0 Å². The van der Waals surface area contributed by atoms with Crippen molar-refractivity contribution in [3.8, 4) is 18.1 Å². The lowest BCUT2D eigenvalue weighted by Crippen LogP contribution is -2.41. The zero-order valence-electron chi connectivity index (χ0n) is 22.5. The number of aliphatic hydroxyl groups excluding tert-OH is 1. The lowest BCUT2D eigenvalue weighted by atomic mass is 9.83. The van der Waals surface area contributed by atoms with E-state index in [0.29, 0.717) is 0 Å². The predicted molar refractivity (Wildman–Crippen MR) is 142 cm³/mol. The highest BCUT2D eigenvalue weighted by Gasteiger charge is 2.54. The van der Waals surface area contributed by atoms with Crippen LogP contribution in [-0.2, 0) is 23.4 Å². The Balaban J connectivity index is 1.81. The normalized spacial score (nSPS) is 25.3. The summed E-state index contributed by atoms with van der Waals surface area (Å²) in [6.45, 7) is 8.30. The minimum Gasteiger partial charge on any atom is -0.464 e. The minimum absolute atomic E-state index is 0.140. The van der Waals surface area contributed by atoms with E-state index in [2.05, 4.69) is 16.0 Å². The van der Waals surface area contributed by atoms with E-state index in [9.17, 15) is 24.1 Å². The molecule has 1 unspecified atom stereocenters. The van der Waals surface area contributed by atoms with E-state index in [1.807, 2.05) is 20.8 Å². The molecule has 1 fully saturated rings. The number of benzene rings is 1. The summed E-state index contributed by atoms with van der Waals surface area (Å²) in [5.74, 6) is 1.99. The maximum atomic E-state index is 13.8. The molecule has 0 amide bonds. The average Bonchev–Trinajstić information content (AvgIpc) is 3.11. The fraction of sp³-hybridized carbons (Fsp3) is 0.500. The van der Waals surface area contributed by atoms with Crippen molar-refractivity contribution < 1.29 is 33.0 Å². The highest BCUT2D eigenvalue weighted by Crippen LogP contribution is 2.48. The Bertz CT molecular complexity index is 1360. The number of rotatable bonds is 10. The van der Waals surface area contributed by atoms with E-state index in [-0.39, 0.29) is 17.8 Å². The first-order valence-corrected chi connectivity index (χ1v) is 13.8. The number of H-pyrrole nitrogens is 1. The number of esters is 1. The topological polar surface area (TPSA) is 158 Å². The van der Waals surface area contributed by atoms with Gasteiger partial charge in [0.15, 0.2) is 6.23 Å². The lowest BCUT2D eigenvalue weighted by molar-refractivity contribution is -0.148. The molecule has 0 bridgehead atoms. The molecule has 1 aliphatic heterocycles. The van der Waals surface area contributed by atoms with Gasteiger partial charge in [-0.2, -0.15) is 5.09 Å². The molecule has 2 aromatic rings. The molecular formula is C26H34N3O9P. The molecule has 1 aromatic heterocycles. The number of hydrogen-bond acceptors (Lipinski definition) is 9. The van der Waals surface area contributed by atoms with Gasteiger partial charge >= 0.3 is 19.4 Å². The van der Waals surface area contributed by atoms with Crippen molar-refractivity contribution in [3.63, 3.8) is 0 Å². The Morgan fingerprint density at radius 2 is 1.97 bits per heavy atom. The van der Waals surface area contributed by atoms with Crippen molar-refractivity contribution in [1.82, 2.24) is 14.6 Å². The van der Waals surface area contributed by atoms with E-state index in [0.717, 1.165) is 10.6 Å². The summed E-state index contributed by atoms with van der Waals surface area (Å²) >= 11 is 0. The molecule has 1 aromatic carbocycles. The van der Waals surface area contributed by atoms with Gasteiger partial charge in [-0.3, -0.25) is 23.7 Å². The zero-order chi connectivity index (χ0) is 29.0. The number of aromatic amines is 1. The van der Waals surface area contributed by atoms with Gasteiger partial charge in [0.25, 0.3) is 5.56 Å². The number of nitrogens with one attached hydrogen (secondary N) is 2. The predicted octanol–water partition coefficient (Wildman–Crippen LogP) is 2.21. The summed E-state index contributed by atoms with van der Waals surface area (Å²) in [6, 6.07) is 8.19. The van der Waals surface area contributed by atoms with E-state index < -0.39 is 61.5 Å². The van der Waals surface area contributed by atoms with Gasteiger partial charge in [-0.05, 0) is 31.4 Å². The van der Waals surface area contributed by atoms with E-state index in [1.54, 1.807) is 30.3 Å². The maximum Gasteiger partial charge on any atom is 0.459 e. The molecule has 0 saturated carbocycles. The third-order valence-electron chi connectivity index (χ3n) is 5.93. The number of nitrogens with zero attached hydrogens (tertiary/aromatic N) is 1. The monoisotopic (exact) mass is 563 g/mol. The van der Waals surface area contributed by atoms with Crippen LogP contribution in [0.15, 0.2) is 52.2 Å². The summed E-state index contributed by atoms with van der Waals surface area (Å²) in [6.07, 6.45) is 3.20. The molecule has 13 heteroatoms. The molecule has 1 aliphatic rings. The van der Waals surface area contributed by atoms with Gasteiger partial charge in [0.2, 0.25) is 0 Å². The summed E-state index contributed by atoms with van der Waals surface area (Å²) in [7, 11) is -4.26. The molecule has 2 heterocycles. The van der Waals surface area contributed by atoms with Crippen LogP contribution in [0.5, 0.6) is 5.75 Å². The number of carbonyl (C=O) groups is 1. The van der Waals surface area contributed by atoms with Gasteiger partial charge in [-0.25, -0.2) is 9.36 Å². The third kappa shape index (κ3) is 7.47. The third-order valence-corrected chi connectivity index (χ3v) is 7.57. The standard InChI is InChI=1S/C26H34N3O9P/c1-7-26(6)21(31)19(37-23(26)29-14-13-20(30)27-24(29)33)15-36-39(34,38-18-11-9-8-10-12-18)28-17(2)22(32)35-16-25(3,4)5/h1,8-14,17,19,21,23,31H,15-16H2,2-6H3,(H,28,34)(H,27,30,33)/t17-,19+,21+,23+,26+,39?/m0/s1. The lowest BCUT2D eigenvalue weighted by Gasteiger charge is -2.28. The fourth-order valence-corrected chi connectivity index (χ4v) is 5.25. The molecule has 12 nitrogen and oxygen atoms in total. The Kier molecular flexibility index (Phi) is 9.26. The van der Waals surface area contributed by atoms with Crippen LogP contribution in [-0.4, -0.2) is 52.1 Å². The van der Waals surface area contributed by atoms with Crippen LogP contribution in [0.1, 0.15) is 40.8 Å². The van der Waals surface area contributed by atoms with Crippen LogP contribution in [0.3, 0.4) is 0 Å². The summed E-state index contributed by atoms with van der Waals surface area (Å²) in [5, 5.41) is 13.6. The van der Waals surface area contributed by atoms with E-state index in [1.165, 1.54) is 20.0 Å². The number of ether oxygens (including phenoxy) is 2. The number of carbonyl (C=O) groups excluding carboxylic acids is 1. The first kappa shape index (κ1) is 30.3. The molecule has 0 spiro atoms. The van der Waals surface area contributed by atoms with Crippen LogP contribution in [0.4, 0.5) is 0 Å². The Morgan fingerprint density at radius 1 is 1.31 bits per heavy atom. The molecule has 3 N–H and O–H groups in total. The van der Waals surface area contributed by atoms with E-state index >= 15 is 0 Å². The van der Waals surface area contributed by atoms with E-state index in [4.69, 9.17) is 24.9 Å². The van der Waals surface area contributed by atoms with Gasteiger partial charge in [-0.1, -0.05) is 44.9 Å². The maximum absolute atomic E-state index is 13.8. The Hall–Kier alpha value is -3.20. The number of hydrogen-bond donors (Lipinski definition) is 3. The minimum atomic E-state index is -4.26. The van der Waals surface area contributed by atoms with Crippen molar-refractivity contribution in [2.45, 2.75) is 59.1 Å². The van der Waals surface area contributed by atoms with Crippen LogP contribution in [0.25, 0.3) is 0 Å². The zero-order valence-corrected chi connectivity index (χ0v) is 23.3. The highest BCUT2D eigenvalue weighted by molar-refractivity contribution is 7.52. The number of aromatic nitrogens is 2. The number of terminal acetylenes is 1. The molecule has 0 radical (unpaired) electrons. The Labute approximate surface area is 226 Å². The van der Waals surface area contributed by atoms with Gasteiger partial charge in [0.05, 0.1) is 13.2 Å². The Morgan fingerprint density at radius 3 is 2.56 bits per heavy atom. The van der Waals surface area contributed by atoms with Crippen molar-refractivity contribution >= 4 is 13.7 Å². The van der Waals surface area contributed by atoms with Crippen LogP contribution < -0.4 is 20.9 Å². The summed E-state index contributed by atoms with van der Waals surface area (Å²) in [5.41, 5.74) is -3.10. The highest BCUT2D eigenvalue weighted by atomic mass is 31.2. The molecule has 1 saturated heterocycles. The van der Waals surface area contributed by atoms with Crippen LogP contribution in [0, 0.1) is 23.2 Å². The van der Waals surface area contributed by atoms with Crippen molar-refractivity contribution in [3.05, 3.63) is 63.4 Å². The van der Waals surface area contributed by atoms with Crippen molar-refractivity contribution in [1.29, 1.82) is 0 Å². The first-order valence-electron chi connectivity index (χ1n) is 12.2. The SMILES string of the molecule is C#C[C@]1(C)[C@H](O)[C@@H](COP(=O)(N[C@@H](C)C(=O)OCC(C)(C)C)Oc2ccccc2)O[C@H]1n1ccc(=O)[nH]c1=O. The first-order chi connectivity index (χ1) is 18.2. The van der Waals surface area contributed by atoms with Crippen molar-refractivity contribution in [2.24, 2.45) is 10.8 Å². The quantitative estimate of drug-likeness (QED) is 0.222. The number of para-hydroxylation sites is 1. The van der Waals surface area contributed by atoms with Gasteiger partial charge in [-0.15, -0.1) is 6.42 Å². The average molecular weight is 564 g/mol. The second-order valence-corrected chi connectivity index (χ2v) is 12.3. The van der Waals surface area contributed by atoms with Crippen molar-refractivity contribution in [2.75, 3.05) is 13.2 Å². The molecule has 39 heavy (non-hydrogen) atoms. The summed E-state index contributed by atoms with van der Waals surface area (Å²) < 4.78 is 37.3. The molecule has 212 valence electrons.